The molecule has 4 atom stereocenters. The number of rotatable bonds is 15. The van der Waals surface area contributed by atoms with Crippen LogP contribution >= 0.6 is 46.4 Å². The zero-order valence-corrected chi connectivity index (χ0v) is 28.6. The summed E-state index contributed by atoms with van der Waals surface area (Å²) in [6.45, 7) is 7.15. The number of nitrogens with zero attached hydrogens (tertiary/aromatic N) is 2. The van der Waals surface area contributed by atoms with Crippen LogP contribution in [0.3, 0.4) is 0 Å². The average Bonchev–Trinajstić information content (AvgIpc) is 2.97. The molecule has 0 radical (unpaired) electrons. The molecular weight excluding hydrogens is 642 g/mol. The Balaban J connectivity index is 1.82. The molecular formula is C32H46Cl4N6O2. The van der Waals surface area contributed by atoms with Gasteiger partial charge in [0.15, 0.2) is 0 Å². The van der Waals surface area contributed by atoms with Crippen LogP contribution in [-0.2, 0) is 22.4 Å². The van der Waals surface area contributed by atoms with Crippen LogP contribution in [0.25, 0.3) is 0 Å². The highest BCUT2D eigenvalue weighted by Crippen LogP contribution is 2.28. The molecule has 12 heteroatoms. The van der Waals surface area contributed by atoms with E-state index in [0.29, 0.717) is 45.6 Å². The second-order valence-electron chi connectivity index (χ2n) is 12.0. The summed E-state index contributed by atoms with van der Waals surface area (Å²) >= 11 is 24.9. The minimum Gasteiger partial charge on any atom is -0.335 e. The van der Waals surface area contributed by atoms with E-state index in [-0.39, 0.29) is 36.7 Å². The number of unbranched alkanes of at least 4 members (excludes halogenated alkanes) is 1. The van der Waals surface area contributed by atoms with Crippen LogP contribution in [0.4, 0.5) is 0 Å². The Bertz CT molecular complexity index is 1250. The normalized spacial score (nSPS) is 18.5. The standard InChI is InChI=1S/C32H46Cl4N6O2/c1-20(2)13-26-19-41(31(43)29(38)14-21-6-8-23(33)16-27(21)35)25(5-3-4-11-40-12-10-37)18-42(26)32(44)30(39)15-22-7-9-24(34)17-28(22)36/h6-9,16-17,20,25-26,29-30,40H,3-5,10-15,18-19,37-39H2,1-2H3/t25-,26+,29-,30-/m1/s1. The lowest BCUT2D eigenvalue weighted by atomic mass is 9.93. The number of carbonyl (C=O) groups excluding carboxylic acids is 2. The molecule has 7 N–H and O–H groups in total. The van der Waals surface area contributed by atoms with Crippen LogP contribution in [0.1, 0.15) is 50.7 Å². The van der Waals surface area contributed by atoms with Gasteiger partial charge in [-0.15, -0.1) is 0 Å². The van der Waals surface area contributed by atoms with Gasteiger partial charge in [0.2, 0.25) is 11.8 Å². The first-order valence-electron chi connectivity index (χ1n) is 15.3. The highest BCUT2D eigenvalue weighted by molar-refractivity contribution is 6.35. The lowest BCUT2D eigenvalue weighted by molar-refractivity contribution is -0.149. The van der Waals surface area contributed by atoms with Gasteiger partial charge in [-0.1, -0.05) is 78.8 Å². The van der Waals surface area contributed by atoms with Gasteiger partial charge >= 0.3 is 0 Å². The number of nitrogens with one attached hydrogen (secondary N) is 1. The van der Waals surface area contributed by atoms with Crippen molar-refractivity contribution in [3.05, 3.63) is 67.6 Å². The van der Waals surface area contributed by atoms with Crippen LogP contribution in [-0.4, -0.2) is 78.5 Å². The van der Waals surface area contributed by atoms with Crippen molar-refractivity contribution >= 4 is 58.2 Å². The molecule has 44 heavy (non-hydrogen) atoms. The third-order valence-electron chi connectivity index (χ3n) is 8.01. The molecule has 0 spiro atoms. The minimum absolute atomic E-state index is 0.152. The number of amides is 2. The van der Waals surface area contributed by atoms with Gasteiger partial charge in [0, 0.05) is 58.4 Å². The minimum atomic E-state index is -0.793. The fourth-order valence-corrected chi connectivity index (χ4v) is 6.76. The fraction of sp³-hybridized carbons (Fsp3) is 0.562. The summed E-state index contributed by atoms with van der Waals surface area (Å²) in [4.78, 5) is 31.7. The maximum absolute atomic E-state index is 14.0. The van der Waals surface area contributed by atoms with Crippen molar-refractivity contribution in [1.82, 2.24) is 15.1 Å². The maximum Gasteiger partial charge on any atom is 0.240 e. The SMILES string of the molecule is CC(C)C[C@H]1CN(C(=O)[C@H](N)Cc2ccc(Cl)cc2Cl)[C@H](CCCCNCCN)CN1C(=O)[C@H](N)Cc1ccc(Cl)cc1Cl. The molecule has 1 aliphatic heterocycles. The number of hydrogen-bond acceptors (Lipinski definition) is 6. The lowest BCUT2D eigenvalue weighted by Crippen LogP contribution is -2.65. The third kappa shape index (κ3) is 10.7. The predicted molar refractivity (Wildman–Crippen MR) is 183 cm³/mol. The van der Waals surface area contributed by atoms with Crippen LogP contribution in [0, 0.1) is 5.92 Å². The van der Waals surface area contributed by atoms with Crippen molar-refractivity contribution < 1.29 is 9.59 Å². The number of benzene rings is 2. The molecule has 0 saturated carbocycles. The number of piperazine rings is 1. The van der Waals surface area contributed by atoms with Gasteiger partial charge in [0.05, 0.1) is 12.1 Å². The molecule has 0 aromatic heterocycles. The molecule has 8 nitrogen and oxygen atoms in total. The van der Waals surface area contributed by atoms with E-state index >= 15 is 0 Å². The maximum atomic E-state index is 14.0. The van der Waals surface area contributed by atoms with E-state index in [4.69, 9.17) is 63.6 Å². The second kappa shape index (κ2) is 17.9. The van der Waals surface area contributed by atoms with Crippen LogP contribution < -0.4 is 22.5 Å². The van der Waals surface area contributed by atoms with Crippen LogP contribution in [0.15, 0.2) is 36.4 Å². The van der Waals surface area contributed by atoms with Gasteiger partial charge in [0.1, 0.15) is 0 Å². The molecule has 0 unspecified atom stereocenters. The Morgan fingerprint density at radius 3 is 1.80 bits per heavy atom. The first kappa shape index (κ1) is 36.8. The van der Waals surface area contributed by atoms with E-state index in [2.05, 4.69) is 19.2 Å². The Morgan fingerprint density at radius 2 is 1.32 bits per heavy atom. The first-order valence-corrected chi connectivity index (χ1v) is 16.8. The van der Waals surface area contributed by atoms with Crippen molar-refractivity contribution in [3.8, 4) is 0 Å². The molecule has 2 aromatic carbocycles. The van der Waals surface area contributed by atoms with Crippen LogP contribution in [0.5, 0.6) is 0 Å². The summed E-state index contributed by atoms with van der Waals surface area (Å²) in [6.07, 6.45) is 3.80. The molecule has 1 aliphatic rings. The monoisotopic (exact) mass is 686 g/mol. The summed E-state index contributed by atoms with van der Waals surface area (Å²) in [5.74, 6) is -0.0121. The average molecular weight is 689 g/mol. The summed E-state index contributed by atoms with van der Waals surface area (Å²) in [5, 5.41) is 5.31. The number of halogens is 4. The van der Waals surface area contributed by atoms with E-state index < -0.39 is 12.1 Å². The Kier molecular flexibility index (Phi) is 15.0. The predicted octanol–water partition coefficient (Wildman–Crippen LogP) is 4.91. The topological polar surface area (TPSA) is 131 Å². The highest BCUT2D eigenvalue weighted by Gasteiger charge is 2.41. The van der Waals surface area contributed by atoms with E-state index in [9.17, 15) is 9.59 Å². The summed E-state index contributed by atoms with van der Waals surface area (Å²) in [7, 11) is 0. The van der Waals surface area contributed by atoms with Gasteiger partial charge in [-0.3, -0.25) is 9.59 Å². The van der Waals surface area contributed by atoms with E-state index in [1.807, 2.05) is 9.80 Å². The van der Waals surface area contributed by atoms with Gasteiger partial charge in [-0.25, -0.2) is 0 Å². The zero-order chi connectivity index (χ0) is 32.4. The summed E-state index contributed by atoms with van der Waals surface area (Å²) in [5.41, 5.74) is 20.2. The Hall–Kier alpha value is -1.62. The van der Waals surface area contributed by atoms with Crippen molar-refractivity contribution in [2.45, 2.75) is 76.5 Å². The molecule has 0 aliphatic carbocycles. The molecule has 1 heterocycles. The molecule has 2 amide bonds. The fourth-order valence-electron chi connectivity index (χ4n) is 5.79. The number of carbonyl (C=O) groups is 2. The van der Waals surface area contributed by atoms with Gasteiger partial charge in [-0.2, -0.15) is 0 Å². The Labute approximate surface area is 281 Å². The molecule has 244 valence electrons. The lowest BCUT2D eigenvalue weighted by Gasteiger charge is -2.48. The number of hydrogen-bond donors (Lipinski definition) is 4. The quantitative estimate of drug-likeness (QED) is 0.197. The molecule has 0 bridgehead atoms. The summed E-state index contributed by atoms with van der Waals surface area (Å²) in [6, 6.07) is 8.40. The van der Waals surface area contributed by atoms with E-state index in [1.165, 1.54) is 0 Å². The smallest absolute Gasteiger partial charge is 0.240 e. The van der Waals surface area contributed by atoms with Crippen molar-refractivity contribution in [2.24, 2.45) is 23.1 Å². The van der Waals surface area contributed by atoms with Gasteiger partial charge < -0.3 is 32.3 Å². The van der Waals surface area contributed by atoms with E-state index in [1.54, 1.807) is 36.4 Å². The number of nitrogens with two attached hydrogens (primary N) is 3. The highest BCUT2D eigenvalue weighted by atomic mass is 35.5. The molecule has 1 saturated heterocycles. The largest absolute Gasteiger partial charge is 0.335 e. The second-order valence-corrected chi connectivity index (χ2v) is 13.7. The molecule has 3 rings (SSSR count). The Morgan fingerprint density at radius 1 is 0.818 bits per heavy atom. The zero-order valence-electron chi connectivity index (χ0n) is 25.6. The van der Waals surface area contributed by atoms with Crippen molar-refractivity contribution in [3.63, 3.8) is 0 Å². The van der Waals surface area contributed by atoms with Crippen LogP contribution in [0.2, 0.25) is 20.1 Å². The summed E-state index contributed by atoms with van der Waals surface area (Å²) < 4.78 is 0. The van der Waals surface area contributed by atoms with E-state index in [0.717, 1.165) is 49.9 Å². The molecule has 2 aromatic rings. The van der Waals surface area contributed by atoms with Crippen molar-refractivity contribution in [1.29, 1.82) is 0 Å². The molecule has 1 fully saturated rings. The van der Waals surface area contributed by atoms with Gasteiger partial charge in [0.25, 0.3) is 0 Å². The first-order chi connectivity index (χ1) is 20.9. The third-order valence-corrected chi connectivity index (χ3v) is 9.19. The van der Waals surface area contributed by atoms with Gasteiger partial charge in [-0.05, 0) is 80.0 Å². The van der Waals surface area contributed by atoms with Crippen molar-refractivity contribution in [2.75, 3.05) is 32.7 Å².